The molecule has 0 aromatic heterocycles. The minimum absolute atomic E-state index is 0.0656. The van der Waals surface area contributed by atoms with Crippen LogP contribution in [0.4, 0.5) is 4.39 Å². The first kappa shape index (κ1) is 16.1. The van der Waals surface area contributed by atoms with Crippen molar-refractivity contribution < 1.29 is 18.7 Å². The van der Waals surface area contributed by atoms with Crippen LogP contribution in [0.5, 0.6) is 5.75 Å². The van der Waals surface area contributed by atoms with Gasteiger partial charge in [0.15, 0.2) is 12.4 Å². The van der Waals surface area contributed by atoms with E-state index in [9.17, 15) is 14.0 Å². The maximum atomic E-state index is 13.2. The van der Waals surface area contributed by atoms with Gasteiger partial charge in [0.05, 0.1) is 5.56 Å². The van der Waals surface area contributed by atoms with Gasteiger partial charge in [-0.25, -0.2) is 4.39 Å². The van der Waals surface area contributed by atoms with E-state index in [0.717, 1.165) is 18.9 Å². The number of hydrogen-bond donors (Lipinski definition) is 1. The molecule has 1 rings (SSSR count). The Morgan fingerprint density at radius 2 is 2.10 bits per heavy atom. The third-order valence-corrected chi connectivity index (χ3v) is 2.81. The predicted octanol–water partition coefficient (Wildman–Crippen LogP) is 2.71. The fraction of sp³-hybridized carbons (Fsp3) is 0.467. The van der Waals surface area contributed by atoms with Crippen molar-refractivity contribution in [3.63, 3.8) is 0 Å². The molecule has 1 unspecified atom stereocenters. The zero-order chi connectivity index (χ0) is 15.1. The highest BCUT2D eigenvalue weighted by molar-refractivity contribution is 5.96. The van der Waals surface area contributed by atoms with Crippen molar-refractivity contribution in [2.45, 2.75) is 39.7 Å². The first-order chi connectivity index (χ1) is 9.43. The molecule has 0 bridgehead atoms. The van der Waals surface area contributed by atoms with Crippen LogP contribution in [0.2, 0.25) is 0 Å². The third kappa shape index (κ3) is 4.99. The number of Topliss-reactive ketones (excluding diaryl/α,β-unsaturated/α-hetero) is 1. The van der Waals surface area contributed by atoms with Crippen LogP contribution >= 0.6 is 0 Å². The molecule has 1 aromatic rings. The number of halogens is 1. The highest BCUT2D eigenvalue weighted by Gasteiger charge is 2.12. The molecule has 0 radical (unpaired) electrons. The fourth-order valence-electron chi connectivity index (χ4n) is 1.87. The van der Waals surface area contributed by atoms with Gasteiger partial charge in [0, 0.05) is 12.1 Å². The van der Waals surface area contributed by atoms with Crippen molar-refractivity contribution in [3.8, 4) is 5.75 Å². The van der Waals surface area contributed by atoms with Crippen LogP contribution in [-0.2, 0) is 4.79 Å². The molecule has 0 fully saturated rings. The molecule has 0 saturated heterocycles. The molecule has 0 aliphatic carbocycles. The number of carbonyl (C=O) groups excluding carboxylic acids is 2. The van der Waals surface area contributed by atoms with E-state index in [-0.39, 0.29) is 35.7 Å². The Kier molecular flexibility index (Phi) is 6.15. The molecule has 1 aromatic carbocycles. The standard InChI is InChI=1S/C15H20FNO3/c1-4-5-10(2)17-15(19)9-20-14-8-12(16)6-7-13(14)11(3)18/h6-8,10H,4-5,9H2,1-3H3,(H,17,19). The number of ether oxygens (including phenoxy) is 1. The molecular formula is C15H20FNO3. The monoisotopic (exact) mass is 281 g/mol. The Labute approximate surface area is 118 Å². The van der Waals surface area contributed by atoms with E-state index in [4.69, 9.17) is 4.74 Å². The third-order valence-electron chi connectivity index (χ3n) is 2.81. The molecule has 1 amide bonds. The van der Waals surface area contributed by atoms with Crippen LogP contribution in [0.15, 0.2) is 18.2 Å². The highest BCUT2D eigenvalue weighted by Crippen LogP contribution is 2.20. The summed E-state index contributed by atoms with van der Waals surface area (Å²) in [6.07, 6.45) is 1.85. The minimum Gasteiger partial charge on any atom is -0.483 e. The summed E-state index contributed by atoms with van der Waals surface area (Å²) in [5.74, 6) is -0.940. The normalized spacial score (nSPS) is 11.8. The van der Waals surface area contributed by atoms with Crippen molar-refractivity contribution in [1.82, 2.24) is 5.32 Å². The summed E-state index contributed by atoms with van der Waals surface area (Å²) < 4.78 is 18.4. The lowest BCUT2D eigenvalue weighted by molar-refractivity contribution is -0.123. The van der Waals surface area contributed by atoms with Crippen LogP contribution in [0.3, 0.4) is 0 Å². The van der Waals surface area contributed by atoms with E-state index in [0.29, 0.717) is 0 Å². The zero-order valence-corrected chi connectivity index (χ0v) is 12.0. The van der Waals surface area contributed by atoms with Crippen molar-refractivity contribution in [1.29, 1.82) is 0 Å². The predicted molar refractivity (Wildman–Crippen MR) is 74.4 cm³/mol. The zero-order valence-electron chi connectivity index (χ0n) is 12.0. The van der Waals surface area contributed by atoms with Gasteiger partial charge in [0.1, 0.15) is 11.6 Å². The highest BCUT2D eigenvalue weighted by atomic mass is 19.1. The number of benzene rings is 1. The Hall–Kier alpha value is -1.91. The Bertz CT molecular complexity index is 488. The number of amides is 1. The number of ketones is 1. The Morgan fingerprint density at radius 1 is 1.40 bits per heavy atom. The number of carbonyl (C=O) groups is 2. The van der Waals surface area contributed by atoms with Crippen molar-refractivity contribution in [2.24, 2.45) is 0 Å². The van der Waals surface area contributed by atoms with Gasteiger partial charge >= 0.3 is 0 Å². The van der Waals surface area contributed by atoms with Crippen molar-refractivity contribution in [3.05, 3.63) is 29.6 Å². The topological polar surface area (TPSA) is 55.4 Å². The van der Waals surface area contributed by atoms with Crippen molar-refractivity contribution in [2.75, 3.05) is 6.61 Å². The number of rotatable bonds is 7. The van der Waals surface area contributed by atoms with Crippen LogP contribution < -0.4 is 10.1 Å². The van der Waals surface area contributed by atoms with Crippen LogP contribution in [0, 0.1) is 5.82 Å². The minimum atomic E-state index is -0.509. The average molecular weight is 281 g/mol. The van der Waals surface area contributed by atoms with E-state index in [1.165, 1.54) is 19.1 Å². The van der Waals surface area contributed by atoms with Gasteiger partial charge < -0.3 is 10.1 Å². The molecule has 1 N–H and O–H groups in total. The molecule has 1 atom stereocenters. The molecule has 0 spiro atoms. The molecule has 0 heterocycles. The summed E-state index contributed by atoms with van der Waals surface area (Å²) in [5.41, 5.74) is 0.265. The summed E-state index contributed by atoms with van der Waals surface area (Å²) >= 11 is 0. The molecule has 110 valence electrons. The van der Waals surface area contributed by atoms with Crippen LogP contribution in [0.1, 0.15) is 44.0 Å². The maximum absolute atomic E-state index is 13.2. The summed E-state index contributed by atoms with van der Waals surface area (Å²) in [6, 6.07) is 3.72. The fourth-order valence-corrected chi connectivity index (χ4v) is 1.87. The van der Waals surface area contributed by atoms with Gasteiger partial charge in [0.25, 0.3) is 5.91 Å². The quantitative estimate of drug-likeness (QED) is 0.782. The van der Waals surface area contributed by atoms with Crippen LogP contribution in [-0.4, -0.2) is 24.3 Å². The molecular weight excluding hydrogens is 261 g/mol. The first-order valence-electron chi connectivity index (χ1n) is 6.66. The average Bonchev–Trinajstić information content (AvgIpc) is 2.36. The molecule has 0 aliphatic heterocycles. The molecule has 20 heavy (non-hydrogen) atoms. The van der Waals surface area contributed by atoms with E-state index < -0.39 is 5.82 Å². The van der Waals surface area contributed by atoms with E-state index in [2.05, 4.69) is 5.32 Å². The smallest absolute Gasteiger partial charge is 0.258 e. The SMILES string of the molecule is CCCC(C)NC(=O)COc1cc(F)ccc1C(C)=O. The summed E-state index contributed by atoms with van der Waals surface area (Å²) in [7, 11) is 0. The lowest BCUT2D eigenvalue weighted by atomic mass is 10.1. The molecule has 5 heteroatoms. The van der Waals surface area contributed by atoms with E-state index in [1.54, 1.807) is 0 Å². The largest absolute Gasteiger partial charge is 0.483 e. The summed E-state index contributed by atoms with van der Waals surface area (Å²) in [6.45, 7) is 5.07. The molecule has 0 saturated carbocycles. The lowest BCUT2D eigenvalue weighted by Gasteiger charge is -2.14. The number of hydrogen-bond acceptors (Lipinski definition) is 3. The van der Waals surface area contributed by atoms with Gasteiger partial charge in [-0.1, -0.05) is 13.3 Å². The van der Waals surface area contributed by atoms with Gasteiger partial charge in [-0.3, -0.25) is 9.59 Å². The summed E-state index contributed by atoms with van der Waals surface area (Å²) in [4.78, 5) is 23.0. The van der Waals surface area contributed by atoms with Gasteiger partial charge in [-0.15, -0.1) is 0 Å². The number of nitrogens with one attached hydrogen (secondary N) is 1. The first-order valence-corrected chi connectivity index (χ1v) is 6.66. The van der Waals surface area contributed by atoms with Gasteiger partial charge in [0.2, 0.25) is 0 Å². The summed E-state index contributed by atoms with van der Waals surface area (Å²) in [5, 5.41) is 2.77. The lowest BCUT2D eigenvalue weighted by Crippen LogP contribution is -2.36. The van der Waals surface area contributed by atoms with Gasteiger partial charge in [-0.05, 0) is 32.4 Å². The van der Waals surface area contributed by atoms with Gasteiger partial charge in [-0.2, -0.15) is 0 Å². The molecule has 0 aliphatic rings. The second-order valence-corrected chi connectivity index (χ2v) is 4.74. The van der Waals surface area contributed by atoms with Crippen LogP contribution in [0.25, 0.3) is 0 Å². The second kappa shape index (κ2) is 7.62. The second-order valence-electron chi connectivity index (χ2n) is 4.74. The Morgan fingerprint density at radius 3 is 2.70 bits per heavy atom. The van der Waals surface area contributed by atoms with E-state index in [1.807, 2.05) is 13.8 Å². The maximum Gasteiger partial charge on any atom is 0.258 e. The van der Waals surface area contributed by atoms with Crippen molar-refractivity contribution >= 4 is 11.7 Å². The molecule has 4 nitrogen and oxygen atoms in total. The van der Waals surface area contributed by atoms with E-state index >= 15 is 0 Å². The Balaban J connectivity index is 2.63.